The van der Waals surface area contributed by atoms with Gasteiger partial charge < -0.3 is 4.98 Å². The molecule has 5 heteroatoms. The Morgan fingerprint density at radius 3 is 2.61 bits per heavy atom. The van der Waals surface area contributed by atoms with Crippen molar-refractivity contribution in [3.63, 3.8) is 0 Å². The highest BCUT2D eigenvalue weighted by atomic mass is 35.5. The second-order valence-corrected chi connectivity index (χ2v) is 5.76. The minimum atomic E-state index is -0.162. The lowest BCUT2D eigenvalue weighted by Gasteiger charge is -2.05. The molecule has 0 fully saturated rings. The van der Waals surface area contributed by atoms with E-state index in [9.17, 15) is 9.59 Å². The molecule has 0 aliphatic rings. The number of H-pyrrole nitrogens is 1. The number of ketones is 1. The van der Waals surface area contributed by atoms with Crippen LogP contribution in [0, 0.1) is 0 Å². The summed E-state index contributed by atoms with van der Waals surface area (Å²) in [5.41, 5.74) is 3.19. The highest BCUT2D eigenvalue weighted by Crippen LogP contribution is 2.15. The van der Waals surface area contributed by atoms with Gasteiger partial charge in [0.05, 0.1) is 11.0 Å². The standard InChI is InChI=1S/C18H15ClN2O2/c1-2-14-18(23)21-15-8-3-11(9-16(15)20-14)10-17(22)12-4-6-13(19)7-5-12/h3-9H,2,10H2,1H3,(H,21,23). The molecule has 116 valence electrons. The van der Waals surface area contributed by atoms with Gasteiger partial charge in [0.1, 0.15) is 5.69 Å². The zero-order chi connectivity index (χ0) is 16.4. The first-order valence-electron chi connectivity index (χ1n) is 7.37. The van der Waals surface area contributed by atoms with E-state index in [1.165, 1.54) is 0 Å². The number of hydrogen-bond acceptors (Lipinski definition) is 3. The molecule has 3 aromatic rings. The lowest BCUT2D eigenvalue weighted by Crippen LogP contribution is -2.14. The summed E-state index contributed by atoms with van der Waals surface area (Å²) in [6.45, 7) is 1.89. The number of nitrogens with one attached hydrogen (secondary N) is 1. The van der Waals surface area contributed by atoms with E-state index in [4.69, 9.17) is 11.6 Å². The fraction of sp³-hybridized carbons (Fsp3) is 0.167. The Bertz CT molecular complexity index is 930. The molecule has 0 aliphatic carbocycles. The van der Waals surface area contributed by atoms with Gasteiger partial charge in [0.25, 0.3) is 5.56 Å². The summed E-state index contributed by atoms with van der Waals surface area (Å²) in [5, 5.41) is 0.604. The molecular weight excluding hydrogens is 312 g/mol. The predicted octanol–water partition coefficient (Wildman–Crippen LogP) is 3.56. The SMILES string of the molecule is CCc1nc2cc(CC(=O)c3ccc(Cl)cc3)ccc2[nH]c1=O. The summed E-state index contributed by atoms with van der Waals surface area (Å²) in [5.74, 6) is 0.0150. The van der Waals surface area contributed by atoms with Crippen LogP contribution >= 0.6 is 11.6 Å². The van der Waals surface area contributed by atoms with Crippen LogP contribution in [0.25, 0.3) is 11.0 Å². The smallest absolute Gasteiger partial charge is 0.270 e. The number of Topliss-reactive ketones (excluding diaryl/α,β-unsaturated/α-hetero) is 1. The number of carbonyl (C=O) groups is 1. The monoisotopic (exact) mass is 326 g/mol. The minimum Gasteiger partial charge on any atom is -0.319 e. The van der Waals surface area contributed by atoms with E-state index in [1.54, 1.807) is 30.3 Å². The van der Waals surface area contributed by atoms with E-state index in [0.29, 0.717) is 33.7 Å². The first-order chi connectivity index (χ1) is 11.1. The lowest BCUT2D eigenvalue weighted by molar-refractivity contribution is 0.0993. The Kier molecular flexibility index (Phi) is 4.26. The van der Waals surface area contributed by atoms with Gasteiger partial charge in [-0.3, -0.25) is 9.59 Å². The third-order valence-electron chi connectivity index (χ3n) is 3.69. The maximum absolute atomic E-state index is 12.3. The van der Waals surface area contributed by atoms with Crippen molar-refractivity contribution in [2.24, 2.45) is 0 Å². The average molecular weight is 327 g/mol. The number of benzene rings is 2. The molecule has 1 N–H and O–H groups in total. The van der Waals surface area contributed by atoms with Gasteiger partial charge in [0.2, 0.25) is 0 Å². The van der Waals surface area contributed by atoms with Gasteiger partial charge in [-0.25, -0.2) is 4.98 Å². The van der Waals surface area contributed by atoms with Crippen LogP contribution in [0.4, 0.5) is 0 Å². The third kappa shape index (κ3) is 3.32. The summed E-state index contributed by atoms with van der Waals surface area (Å²) < 4.78 is 0. The maximum atomic E-state index is 12.3. The Morgan fingerprint density at radius 2 is 1.91 bits per heavy atom. The van der Waals surface area contributed by atoms with Crippen molar-refractivity contribution in [1.29, 1.82) is 0 Å². The molecule has 0 amide bonds. The largest absolute Gasteiger partial charge is 0.319 e. The fourth-order valence-corrected chi connectivity index (χ4v) is 2.56. The Balaban J connectivity index is 1.91. The summed E-state index contributed by atoms with van der Waals surface area (Å²) in [6, 6.07) is 12.3. The number of halogens is 1. The normalized spacial score (nSPS) is 10.9. The molecule has 0 saturated carbocycles. The van der Waals surface area contributed by atoms with Crippen molar-refractivity contribution in [3.8, 4) is 0 Å². The molecule has 4 nitrogen and oxygen atoms in total. The molecule has 1 aromatic heterocycles. The number of rotatable bonds is 4. The van der Waals surface area contributed by atoms with Crippen LogP contribution in [-0.4, -0.2) is 15.8 Å². The van der Waals surface area contributed by atoms with Crippen molar-refractivity contribution in [1.82, 2.24) is 9.97 Å². The third-order valence-corrected chi connectivity index (χ3v) is 3.95. The van der Waals surface area contributed by atoms with Gasteiger partial charge in [-0.05, 0) is 48.4 Å². The van der Waals surface area contributed by atoms with Crippen LogP contribution in [0.1, 0.15) is 28.5 Å². The van der Waals surface area contributed by atoms with Gasteiger partial charge >= 0.3 is 0 Å². The van der Waals surface area contributed by atoms with E-state index in [2.05, 4.69) is 9.97 Å². The van der Waals surface area contributed by atoms with Crippen molar-refractivity contribution < 1.29 is 4.79 Å². The van der Waals surface area contributed by atoms with Gasteiger partial charge in [0.15, 0.2) is 5.78 Å². The second-order valence-electron chi connectivity index (χ2n) is 5.32. The van der Waals surface area contributed by atoms with Crippen LogP contribution in [0.3, 0.4) is 0 Å². The van der Waals surface area contributed by atoms with Crippen LogP contribution < -0.4 is 5.56 Å². The van der Waals surface area contributed by atoms with Gasteiger partial charge in [-0.1, -0.05) is 24.6 Å². The molecule has 0 bridgehead atoms. The Labute approximate surface area is 138 Å². The number of aromatic nitrogens is 2. The van der Waals surface area contributed by atoms with Crippen LogP contribution in [0.5, 0.6) is 0 Å². The van der Waals surface area contributed by atoms with Gasteiger partial charge in [-0.15, -0.1) is 0 Å². The number of nitrogens with zero attached hydrogens (tertiary/aromatic N) is 1. The number of carbonyl (C=O) groups excluding carboxylic acids is 1. The number of hydrogen-bond donors (Lipinski definition) is 1. The number of aryl methyl sites for hydroxylation is 1. The molecule has 0 radical (unpaired) electrons. The summed E-state index contributed by atoms with van der Waals surface area (Å²) in [7, 11) is 0. The van der Waals surface area contributed by atoms with Crippen LogP contribution in [0.2, 0.25) is 5.02 Å². The van der Waals surface area contributed by atoms with Gasteiger partial charge in [-0.2, -0.15) is 0 Å². The van der Waals surface area contributed by atoms with E-state index in [-0.39, 0.29) is 17.8 Å². The van der Waals surface area contributed by atoms with E-state index in [0.717, 1.165) is 5.56 Å². The van der Waals surface area contributed by atoms with Crippen molar-refractivity contribution in [2.45, 2.75) is 19.8 Å². The molecule has 0 saturated heterocycles. The molecule has 0 unspecified atom stereocenters. The number of aromatic amines is 1. The van der Waals surface area contributed by atoms with Crippen molar-refractivity contribution >= 4 is 28.4 Å². The molecule has 23 heavy (non-hydrogen) atoms. The first-order valence-corrected chi connectivity index (χ1v) is 7.75. The van der Waals surface area contributed by atoms with Gasteiger partial charge in [0, 0.05) is 17.0 Å². The number of fused-ring (bicyclic) bond motifs is 1. The minimum absolute atomic E-state index is 0.0150. The second kappa shape index (κ2) is 6.34. The predicted molar refractivity (Wildman–Crippen MR) is 91.2 cm³/mol. The maximum Gasteiger partial charge on any atom is 0.270 e. The summed E-state index contributed by atoms with van der Waals surface area (Å²) >= 11 is 5.83. The molecule has 3 rings (SSSR count). The van der Waals surface area contributed by atoms with Crippen LogP contribution in [0.15, 0.2) is 47.3 Å². The first kappa shape index (κ1) is 15.4. The lowest BCUT2D eigenvalue weighted by atomic mass is 10.0. The average Bonchev–Trinajstić information content (AvgIpc) is 2.55. The molecular formula is C18H15ClN2O2. The Morgan fingerprint density at radius 1 is 1.17 bits per heavy atom. The Hall–Kier alpha value is -2.46. The topological polar surface area (TPSA) is 62.8 Å². The zero-order valence-electron chi connectivity index (χ0n) is 12.6. The van der Waals surface area contributed by atoms with E-state index in [1.807, 2.05) is 19.1 Å². The quantitative estimate of drug-likeness (QED) is 0.745. The molecule has 0 spiro atoms. The van der Waals surface area contributed by atoms with Crippen molar-refractivity contribution in [3.05, 3.63) is 74.7 Å². The summed E-state index contributed by atoms with van der Waals surface area (Å²) in [6.07, 6.45) is 0.846. The van der Waals surface area contributed by atoms with E-state index >= 15 is 0 Å². The molecule has 0 aliphatic heterocycles. The zero-order valence-corrected chi connectivity index (χ0v) is 13.4. The summed E-state index contributed by atoms with van der Waals surface area (Å²) in [4.78, 5) is 31.3. The molecule has 1 heterocycles. The van der Waals surface area contributed by atoms with Crippen LogP contribution in [-0.2, 0) is 12.8 Å². The van der Waals surface area contributed by atoms with E-state index < -0.39 is 0 Å². The fourth-order valence-electron chi connectivity index (χ4n) is 2.44. The molecule has 2 aromatic carbocycles. The van der Waals surface area contributed by atoms with Crippen molar-refractivity contribution in [2.75, 3.05) is 0 Å². The molecule has 0 atom stereocenters. The highest BCUT2D eigenvalue weighted by molar-refractivity contribution is 6.30. The highest BCUT2D eigenvalue weighted by Gasteiger charge is 2.09.